The number of aromatic nitrogens is 2. The molecule has 0 radical (unpaired) electrons. The van der Waals surface area contributed by atoms with E-state index in [1.165, 1.54) is 11.3 Å². The van der Waals surface area contributed by atoms with E-state index in [1.54, 1.807) is 0 Å². The molecule has 0 spiro atoms. The Morgan fingerprint density at radius 2 is 1.74 bits per heavy atom. The molecule has 4 rings (SSSR count). The van der Waals surface area contributed by atoms with Crippen molar-refractivity contribution in [2.75, 3.05) is 18.9 Å². The average molecular weight is 383 g/mol. The van der Waals surface area contributed by atoms with Crippen LogP contribution in [0.1, 0.15) is 25.0 Å². The smallest absolute Gasteiger partial charge is 0.181 e. The van der Waals surface area contributed by atoms with E-state index in [0.29, 0.717) is 18.3 Å². The number of nitrogens with two attached hydrogens (primary N) is 1. The fraction of sp³-hybridized carbons (Fsp3) is 0.300. The molecule has 0 atom stereocenters. The summed E-state index contributed by atoms with van der Waals surface area (Å²) in [7, 11) is 0. The number of nitrogens with zero attached hydrogens (tertiary/aromatic N) is 2. The van der Waals surface area contributed by atoms with Crippen LogP contribution in [-0.4, -0.2) is 23.4 Å². The average Bonchev–Trinajstić information content (AvgIpc) is 3.22. The summed E-state index contributed by atoms with van der Waals surface area (Å²) < 4.78 is 17.9. The van der Waals surface area contributed by atoms with E-state index in [0.717, 1.165) is 57.6 Å². The van der Waals surface area contributed by atoms with Gasteiger partial charge in [0.2, 0.25) is 0 Å². The second-order valence-electron chi connectivity index (χ2n) is 6.37. The van der Waals surface area contributed by atoms with Gasteiger partial charge in [-0.2, -0.15) is 0 Å². The number of ether oxygens (including phenoxy) is 2. The van der Waals surface area contributed by atoms with Crippen LogP contribution >= 0.6 is 11.3 Å². The van der Waals surface area contributed by atoms with Crippen LogP contribution in [0, 0.1) is 6.92 Å². The van der Waals surface area contributed by atoms with Crippen molar-refractivity contribution in [3.05, 3.63) is 42.1 Å². The van der Waals surface area contributed by atoms with E-state index < -0.39 is 0 Å². The molecule has 0 bridgehead atoms. The molecule has 0 aliphatic rings. The molecule has 0 saturated carbocycles. The maximum atomic E-state index is 5.80. The summed E-state index contributed by atoms with van der Waals surface area (Å²) in [6.45, 7) is 3.27. The molecule has 0 aliphatic heterocycles. The number of unbranched alkanes of at least 4 members (excludes halogenated alkanes) is 2. The van der Waals surface area contributed by atoms with Gasteiger partial charge in [-0.25, -0.2) is 4.98 Å². The van der Waals surface area contributed by atoms with Crippen LogP contribution in [0.3, 0.4) is 0 Å². The zero-order chi connectivity index (χ0) is 18.6. The number of benzene rings is 2. The van der Waals surface area contributed by atoms with Crippen molar-refractivity contribution < 1.29 is 14.0 Å². The number of rotatable bonds is 8. The first-order valence-corrected chi connectivity index (χ1v) is 9.78. The minimum Gasteiger partial charge on any atom is -0.494 e. The monoisotopic (exact) mass is 383 g/mol. The van der Waals surface area contributed by atoms with Crippen LogP contribution in [0.2, 0.25) is 0 Å². The van der Waals surface area contributed by atoms with Crippen molar-refractivity contribution in [1.29, 1.82) is 0 Å². The summed E-state index contributed by atoms with van der Waals surface area (Å²) in [6.07, 6.45) is 2.98. The van der Waals surface area contributed by atoms with Gasteiger partial charge in [-0.3, -0.25) is 0 Å². The van der Waals surface area contributed by atoms with Crippen LogP contribution in [0.5, 0.6) is 11.5 Å². The predicted octanol–water partition coefficient (Wildman–Crippen LogP) is 4.96. The molecule has 140 valence electrons. The SMILES string of the molecule is Cc1noc2cc(OCCCCCOc3ccc4sc(N)nc4c3)ccc12. The van der Waals surface area contributed by atoms with Crippen molar-refractivity contribution in [3.8, 4) is 11.5 Å². The molecule has 2 N–H and O–H groups in total. The lowest BCUT2D eigenvalue weighted by Crippen LogP contribution is -2.01. The highest BCUT2D eigenvalue weighted by molar-refractivity contribution is 7.22. The molecule has 2 aromatic carbocycles. The molecule has 0 amide bonds. The second kappa shape index (κ2) is 7.84. The maximum Gasteiger partial charge on any atom is 0.181 e. The molecule has 0 unspecified atom stereocenters. The highest BCUT2D eigenvalue weighted by atomic mass is 32.1. The van der Waals surface area contributed by atoms with Gasteiger partial charge in [0, 0.05) is 17.5 Å². The number of nitrogen functional groups attached to an aromatic ring is 1. The van der Waals surface area contributed by atoms with Gasteiger partial charge in [-0.1, -0.05) is 16.5 Å². The minimum atomic E-state index is 0.583. The largest absolute Gasteiger partial charge is 0.494 e. The lowest BCUT2D eigenvalue weighted by molar-refractivity contribution is 0.279. The Hall–Kier alpha value is -2.80. The summed E-state index contributed by atoms with van der Waals surface area (Å²) >= 11 is 1.49. The van der Waals surface area contributed by atoms with Crippen molar-refractivity contribution in [3.63, 3.8) is 0 Å². The van der Waals surface area contributed by atoms with Gasteiger partial charge in [-0.05, 0) is 50.5 Å². The first-order valence-electron chi connectivity index (χ1n) is 8.97. The topological polar surface area (TPSA) is 83.4 Å². The standard InChI is InChI=1S/C20H21N3O3S/c1-13-16-7-5-15(12-18(16)26-23-13)25-10-4-2-3-9-24-14-6-8-19-17(11-14)22-20(21)27-19/h5-8,11-12H,2-4,9-10H2,1H3,(H2,21,22). The summed E-state index contributed by atoms with van der Waals surface area (Å²) in [6, 6.07) is 11.7. The third-order valence-electron chi connectivity index (χ3n) is 4.33. The third-order valence-corrected chi connectivity index (χ3v) is 5.19. The number of thiazole rings is 1. The van der Waals surface area contributed by atoms with E-state index in [4.69, 9.17) is 19.7 Å². The molecular weight excluding hydrogens is 362 g/mol. The zero-order valence-electron chi connectivity index (χ0n) is 15.1. The zero-order valence-corrected chi connectivity index (χ0v) is 15.9. The molecule has 2 aromatic heterocycles. The molecule has 4 aromatic rings. The summed E-state index contributed by atoms with van der Waals surface area (Å²) in [5.41, 5.74) is 8.28. The van der Waals surface area contributed by atoms with Crippen LogP contribution < -0.4 is 15.2 Å². The van der Waals surface area contributed by atoms with Crippen LogP contribution in [0.25, 0.3) is 21.2 Å². The number of anilines is 1. The van der Waals surface area contributed by atoms with Crippen LogP contribution in [0.4, 0.5) is 5.13 Å². The number of fused-ring (bicyclic) bond motifs is 2. The van der Waals surface area contributed by atoms with Gasteiger partial charge in [0.25, 0.3) is 0 Å². The predicted molar refractivity (Wildman–Crippen MR) is 108 cm³/mol. The summed E-state index contributed by atoms with van der Waals surface area (Å²) in [5.74, 6) is 1.64. The Morgan fingerprint density at radius 3 is 2.56 bits per heavy atom. The van der Waals surface area contributed by atoms with Gasteiger partial charge in [-0.15, -0.1) is 0 Å². The molecule has 0 saturated heterocycles. The molecule has 2 heterocycles. The van der Waals surface area contributed by atoms with E-state index in [9.17, 15) is 0 Å². The Balaban J connectivity index is 1.16. The first kappa shape index (κ1) is 17.6. The number of hydrogen-bond acceptors (Lipinski definition) is 7. The van der Waals surface area contributed by atoms with E-state index in [2.05, 4.69) is 10.1 Å². The Bertz CT molecular complexity index is 1040. The molecule has 6 nitrogen and oxygen atoms in total. The van der Waals surface area contributed by atoms with Crippen LogP contribution in [0.15, 0.2) is 40.9 Å². The van der Waals surface area contributed by atoms with Crippen molar-refractivity contribution in [1.82, 2.24) is 10.1 Å². The lowest BCUT2D eigenvalue weighted by atomic mass is 10.2. The molecule has 0 fully saturated rings. The Labute approximate surface area is 160 Å². The van der Waals surface area contributed by atoms with Gasteiger partial charge in [0.15, 0.2) is 10.7 Å². The van der Waals surface area contributed by atoms with Crippen LogP contribution in [-0.2, 0) is 0 Å². The third kappa shape index (κ3) is 4.14. The normalized spacial score (nSPS) is 11.3. The maximum absolute atomic E-state index is 5.80. The van der Waals surface area contributed by atoms with E-state index >= 15 is 0 Å². The lowest BCUT2D eigenvalue weighted by Gasteiger charge is -2.07. The first-order chi connectivity index (χ1) is 13.2. The highest BCUT2D eigenvalue weighted by Crippen LogP contribution is 2.27. The van der Waals surface area contributed by atoms with Gasteiger partial charge >= 0.3 is 0 Å². The molecule has 7 heteroatoms. The highest BCUT2D eigenvalue weighted by Gasteiger charge is 2.05. The quantitative estimate of drug-likeness (QED) is 0.433. The Morgan fingerprint density at radius 1 is 1.00 bits per heavy atom. The molecule has 27 heavy (non-hydrogen) atoms. The number of aryl methyl sites for hydroxylation is 1. The van der Waals surface area contributed by atoms with Gasteiger partial charge < -0.3 is 19.7 Å². The fourth-order valence-corrected chi connectivity index (χ4v) is 3.62. The minimum absolute atomic E-state index is 0.583. The summed E-state index contributed by atoms with van der Waals surface area (Å²) in [5, 5.41) is 5.56. The van der Waals surface area contributed by atoms with Gasteiger partial charge in [0.05, 0.1) is 29.1 Å². The fourth-order valence-electron chi connectivity index (χ4n) is 2.91. The van der Waals surface area contributed by atoms with E-state index in [1.807, 2.05) is 43.3 Å². The van der Waals surface area contributed by atoms with Gasteiger partial charge in [0.1, 0.15) is 11.5 Å². The van der Waals surface area contributed by atoms with Crippen molar-refractivity contribution >= 4 is 37.7 Å². The molecule has 0 aliphatic carbocycles. The van der Waals surface area contributed by atoms with Crippen molar-refractivity contribution in [2.45, 2.75) is 26.2 Å². The van der Waals surface area contributed by atoms with Crippen molar-refractivity contribution in [2.24, 2.45) is 0 Å². The molecular formula is C20H21N3O3S. The second-order valence-corrected chi connectivity index (χ2v) is 7.43. The Kier molecular flexibility index (Phi) is 5.11. The number of hydrogen-bond donors (Lipinski definition) is 1. The summed E-state index contributed by atoms with van der Waals surface area (Å²) in [4.78, 5) is 4.28. The van der Waals surface area contributed by atoms with E-state index in [-0.39, 0.29) is 0 Å².